The van der Waals surface area contributed by atoms with E-state index in [0.717, 1.165) is 29.3 Å². The fraction of sp³-hybridized carbons (Fsp3) is 0.130. The summed E-state index contributed by atoms with van der Waals surface area (Å²) in [6.45, 7) is 1.85. The summed E-state index contributed by atoms with van der Waals surface area (Å²) in [5, 5.41) is 4.04. The van der Waals surface area contributed by atoms with Crippen LogP contribution in [0.15, 0.2) is 65.2 Å². The number of methoxy groups -OCH3 is 1. The summed E-state index contributed by atoms with van der Waals surface area (Å²) in [6.07, 6.45) is 0. The van der Waals surface area contributed by atoms with Crippen LogP contribution >= 0.6 is 0 Å². The van der Waals surface area contributed by atoms with Crippen LogP contribution in [0, 0.1) is 18.6 Å². The Balaban J connectivity index is 1.56. The average molecular weight is 408 g/mol. The molecule has 0 saturated carbocycles. The van der Waals surface area contributed by atoms with Gasteiger partial charge in [-0.05, 0) is 55.5 Å². The quantitative estimate of drug-likeness (QED) is 0.417. The Morgan fingerprint density at radius 2 is 1.80 bits per heavy atom. The summed E-state index contributed by atoms with van der Waals surface area (Å²) in [5.74, 6) is 0.530. The Morgan fingerprint density at radius 1 is 0.933 bits per heavy atom. The van der Waals surface area contributed by atoms with Gasteiger partial charge in [0.2, 0.25) is 5.82 Å². The maximum atomic E-state index is 13.8. The van der Waals surface area contributed by atoms with Crippen molar-refractivity contribution >= 4 is 0 Å². The maximum absolute atomic E-state index is 13.8. The Morgan fingerprint density at radius 3 is 2.60 bits per heavy atom. The molecule has 0 spiro atoms. The molecule has 1 heterocycles. The van der Waals surface area contributed by atoms with Gasteiger partial charge in [0.1, 0.15) is 18.2 Å². The van der Waals surface area contributed by atoms with Gasteiger partial charge in [-0.25, -0.2) is 8.78 Å². The van der Waals surface area contributed by atoms with Gasteiger partial charge in [0.25, 0.3) is 5.89 Å². The third-order valence-corrected chi connectivity index (χ3v) is 4.50. The van der Waals surface area contributed by atoms with Crippen LogP contribution in [0.2, 0.25) is 0 Å². The first-order valence-electron chi connectivity index (χ1n) is 9.19. The third kappa shape index (κ3) is 4.15. The van der Waals surface area contributed by atoms with Crippen LogP contribution in [0.1, 0.15) is 11.1 Å². The first kappa shape index (κ1) is 19.6. The Labute approximate surface area is 171 Å². The molecule has 0 aliphatic heterocycles. The lowest BCUT2D eigenvalue weighted by molar-refractivity contribution is 0.279. The first-order chi connectivity index (χ1) is 14.5. The first-order valence-corrected chi connectivity index (χ1v) is 9.19. The summed E-state index contributed by atoms with van der Waals surface area (Å²) < 4.78 is 43.5. The summed E-state index contributed by atoms with van der Waals surface area (Å²) in [5.41, 5.74) is 2.70. The van der Waals surface area contributed by atoms with Crippen LogP contribution < -0.4 is 9.47 Å². The number of hydrogen-bond acceptors (Lipinski definition) is 5. The van der Waals surface area contributed by atoms with E-state index in [1.54, 1.807) is 18.2 Å². The van der Waals surface area contributed by atoms with Gasteiger partial charge >= 0.3 is 0 Å². The summed E-state index contributed by atoms with van der Waals surface area (Å²) in [7, 11) is 1.49. The second-order valence-corrected chi connectivity index (χ2v) is 6.68. The number of ether oxygens (including phenoxy) is 2. The molecular weight excluding hydrogens is 390 g/mol. The topological polar surface area (TPSA) is 57.4 Å². The minimum Gasteiger partial charge on any atom is -0.493 e. The molecule has 0 bridgehead atoms. The minimum atomic E-state index is -0.539. The molecule has 0 aliphatic carbocycles. The highest BCUT2D eigenvalue weighted by Crippen LogP contribution is 2.33. The fourth-order valence-electron chi connectivity index (χ4n) is 2.97. The Hall–Kier alpha value is -3.74. The van der Waals surface area contributed by atoms with Crippen molar-refractivity contribution in [1.29, 1.82) is 0 Å². The van der Waals surface area contributed by atoms with E-state index in [9.17, 15) is 8.78 Å². The van der Waals surface area contributed by atoms with Crippen molar-refractivity contribution in [2.24, 2.45) is 0 Å². The molecule has 30 heavy (non-hydrogen) atoms. The predicted molar refractivity (Wildman–Crippen MR) is 107 cm³/mol. The molecule has 0 N–H and O–H groups in total. The molecule has 5 nitrogen and oxygen atoms in total. The van der Waals surface area contributed by atoms with E-state index in [-0.39, 0.29) is 12.2 Å². The van der Waals surface area contributed by atoms with Crippen molar-refractivity contribution in [3.63, 3.8) is 0 Å². The lowest BCUT2D eigenvalue weighted by Gasteiger charge is -2.12. The number of rotatable bonds is 6. The predicted octanol–water partition coefficient (Wildman–Crippen LogP) is 5.58. The zero-order chi connectivity index (χ0) is 21.1. The molecule has 3 aromatic carbocycles. The number of aromatic nitrogens is 2. The second-order valence-electron chi connectivity index (χ2n) is 6.68. The molecule has 7 heteroatoms. The molecule has 152 valence electrons. The molecule has 0 amide bonds. The van der Waals surface area contributed by atoms with E-state index >= 15 is 0 Å². The van der Waals surface area contributed by atoms with Crippen molar-refractivity contribution in [3.05, 3.63) is 83.4 Å². The Bertz CT molecular complexity index is 1190. The van der Waals surface area contributed by atoms with Crippen LogP contribution in [0.5, 0.6) is 11.5 Å². The van der Waals surface area contributed by atoms with Crippen LogP contribution in [-0.4, -0.2) is 17.3 Å². The summed E-state index contributed by atoms with van der Waals surface area (Å²) >= 11 is 0. The third-order valence-electron chi connectivity index (χ3n) is 4.50. The van der Waals surface area contributed by atoms with Gasteiger partial charge in [0.05, 0.1) is 7.11 Å². The fourth-order valence-corrected chi connectivity index (χ4v) is 2.97. The van der Waals surface area contributed by atoms with Gasteiger partial charge in [-0.15, -0.1) is 0 Å². The highest BCUT2D eigenvalue weighted by Gasteiger charge is 2.14. The number of aryl methyl sites for hydroxylation is 1. The highest BCUT2D eigenvalue weighted by molar-refractivity contribution is 5.63. The zero-order valence-corrected chi connectivity index (χ0v) is 16.4. The maximum Gasteiger partial charge on any atom is 0.258 e. The van der Waals surface area contributed by atoms with Gasteiger partial charge in [-0.1, -0.05) is 22.9 Å². The normalized spacial score (nSPS) is 10.8. The molecular formula is C23H18F2N2O3. The van der Waals surface area contributed by atoms with E-state index in [1.807, 2.05) is 31.2 Å². The van der Waals surface area contributed by atoms with E-state index in [1.165, 1.54) is 7.11 Å². The summed E-state index contributed by atoms with van der Waals surface area (Å²) in [6, 6.07) is 16.1. The number of halogens is 2. The van der Waals surface area contributed by atoms with Gasteiger partial charge < -0.3 is 14.0 Å². The molecule has 4 rings (SSSR count). The van der Waals surface area contributed by atoms with Crippen molar-refractivity contribution < 1.29 is 22.8 Å². The second kappa shape index (κ2) is 8.32. The lowest BCUT2D eigenvalue weighted by Crippen LogP contribution is -2.01. The molecule has 0 atom stereocenters. The minimum absolute atomic E-state index is 0.113. The SMILES string of the molecule is COc1cc(-c2noc(-c3cccc(C)c3)n2)ccc1OCc1cc(F)ccc1F. The Kier molecular flexibility index (Phi) is 5.43. The van der Waals surface area contributed by atoms with Gasteiger partial charge in [0.15, 0.2) is 11.5 Å². The number of benzene rings is 3. The molecule has 0 fully saturated rings. The van der Waals surface area contributed by atoms with E-state index < -0.39 is 11.6 Å². The highest BCUT2D eigenvalue weighted by atomic mass is 19.1. The molecule has 0 aliphatic rings. The van der Waals surface area contributed by atoms with Crippen molar-refractivity contribution in [2.75, 3.05) is 7.11 Å². The van der Waals surface area contributed by atoms with Crippen LogP contribution in [-0.2, 0) is 6.61 Å². The number of hydrogen-bond donors (Lipinski definition) is 0. The monoisotopic (exact) mass is 408 g/mol. The van der Waals surface area contributed by atoms with Crippen molar-refractivity contribution in [2.45, 2.75) is 13.5 Å². The average Bonchev–Trinajstić information content (AvgIpc) is 3.24. The van der Waals surface area contributed by atoms with Crippen molar-refractivity contribution in [1.82, 2.24) is 10.1 Å². The van der Waals surface area contributed by atoms with Crippen LogP contribution in [0.25, 0.3) is 22.8 Å². The van der Waals surface area contributed by atoms with Gasteiger partial charge in [-0.2, -0.15) is 4.98 Å². The van der Waals surface area contributed by atoms with E-state index in [2.05, 4.69) is 10.1 Å². The molecule has 1 aromatic heterocycles. The standard InChI is InChI=1S/C23H18F2N2O3/c1-14-4-3-5-16(10-14)23-26-22(27-30-23)15-6-9-20(21(12-15)28-2)29-13-17-11-18(24)7-8-19(17)25/h3-12H,13H2,1-2H3. The van der Waals surface area contributed by atoms with E-state index in [4.69, 9.17) is 14.0 Å². The van der Waals surface area contributed by atoms with Crippen LogP contribution in [0.4, 0.5) is 8.78 Å². The molecule has 0 unspecified atom stereocenters. The smallest absolute Gasteiger partial charge is 0.258 e. The largest absolute Gasteiger partial charge is 0.493 e. The number of nitrogens with zero attached hydrogens (tertiary/aromatic N) is 2. The zero-order valence-electron chi connectivity index (χ0n) is 16.4. The van der Waals surface area contributed by atoms with Crippen molar-refractivity contribution in [3.8, 4) is 34.3 Å². The molecule has 0 saturated heterocycles. The van der Waals surface area contributed by atoms with Gasteiger partial charge in [0, 0.05) is 16.7 Å². The van der Waals surface area contributed by atoms with Gasteiger partial charge in [-0.3, -0.25) is 0 Å². The lowest BCUT2D eigenvalue weighted by atomic mass is 10.1. The van der Waals surface area contributed by atoms with E-state index in [0.29, 0.717) is 28.8 Å². The molecule has 4 aromatic rings. The molecule has 0 radical (unpaired) electrons. The van der Waals surface area contributed by atoms with Crippen LogP contribution in [0.3, 0.4) is 0 Å². The summed E-state index contributed by atoms with van der Waals surface area (Å²) in [4.78, 5) is 4.45.